The Hall–Kier alpha value is -0.120. The van der Waals surface area contributed by atoms with E-state index in [4.69, 9.17) is 9.47 Å². The smallest absolute Gasteiger partial charge is 0.0729 e. The molecule has 3 aliphatic rings. The van der Waals surface area contributed by atoms with E-state index in [9.17, 15) is 0 Å². The number of rotatable bonds is 1. The van der Waals surface area contributed by atoms with Crippen molar-refractivity contribution in [1.29, 1.82) is 0 Å². The minimum atomic E-state index is 0.167. The Morgan fingerprint density at radius 3 is 2.65 bits per heavy atom. The van der Waals surface area contributed by atoms with Gasteiger partial charge >= 0.3 is 0 Å². The van der Waals surface area contributed by atoms with Gasteiger partial charge in [0.25, 0.3) is 0 Å². The summed E-state index contributed by atoms with van der Waals surface area (Å²) >= 11 is 0. The molecule has 0 amide bonds. The predicted octanol–water partition coefficient (Wildman–Crippen LogP) is 2.10. The molecular weight excluding hydrogens is 214 g/mol. The Morgan fingerprint density at radius 2 is 1.88 bits per heavy atom. The summed E-state index contributed by atoms with van der Waals surface area (Å²) in [5, 5.41) is 3.72. The van der Waals surface area contributed by atoms with Crippen molar-refractivity contribution in [2.75, 3.05) is 26.4 Å². The van der Waals surface area contributed by atoms with E-state index in [1.165, 1.54) is 38.6 Å². The van der Waals surface area contributed by atoms with E-state index < -0.39 is 0 Å². The largest absolute Gasteiger partial charge is 0.381 e. The fourth-order valence-electron chi connectivity index (χ4n) is 3.78. The average Bonchev–Trinajstić information content (AvgIpc) is 2.41. The lowest BCUT2D eigenvalue weighted by atomic mass is 9.76. The third-order valence-corrected chi connectivity index (χ3v) is 4.85. The highest BCUT2D eigenvalue weighted by Crippen LogP contribution is 2.39. The van der Waals surface area contributed by atoms with E-state index in [1.807, 2.05) is 0 Å². The van der Waals surface area contributed by atoms with Crippen LogP contribution in [0.2, 0.25) is 0 Å². The highest BCUT2D eigenvalue weighted by atomic mass is 16.5. The van der Waals surface area contributed by atoms with Gasteiger partial charge in [0.05, 0.1) is 5.60 Å². The Bertz CT molecular complexity index is 239. The second-order valence-corrected chi connectivity index (χ2v) is 5.95. The molecule has 3 heterocycles. The van der Waals surface area contributed by atoms with Crippen molar-refractivity contribution in [1.82, 2.24) is 5.32 Å². The van der Waals surface area contributed by atoms with Gasteiger partial charge in [-0.05, 0) is 51.0 Å². The summed E-state index contributed by atoms with van der Waals surface area (Å²) in [5.74, 6) is 0.835. The van der Waals surface area contributed by atoms with Crippen LogP contribution in [-0.2, 0) is 9.47 Å². The number of ether oxygens (including phenoxy) is 2. The first-order valence-corrected chi connectivity index (χ1v) is 7.33. The molecule has 17 heavy (non-hydrogen) atoms. The number of piperidine rings is 1. The van der Waals surface area contributed by atoms with Crippen molar-refractivity contribution < 1.29 is 9.47 Å². The lowest BCUT2D eigenvalue weighted by molar-refractivity contribution is -0.150. The van der Waals surface area contributed by atoms with Crippen molar-refractivity contribution in [3.8, 4) is 0 Å². The fraction of sp³-hybridized carbons (Fsp3) is 1.00. The molecule has 2 unspecified atom stereocenters. The quantitative estimate of drug-likeness (QED) is 0.760. The maximum absolute atomic E-state index is 6.12. The van der Waals surface area contributed by atoms with Crippen LogP contribution in [-0.4, -0.2) is 38.0 Å². The lowest BCUT2D eigenvalue weighted by Gasteiger charge is -2.46. The molecule has 1 spiro atoms. The second kappa shape index (κ2) is 5.25. The van der Waals surface area contributed by atoms with Gasteiger partial charge in [-0.3, -0.25) is 0 Å². The summed E-state index contributed by atoms with van der Waals surface area (Å²) in [6.45, 7) is 3.97. The molecule has 0 radical (unpaired) electrons. The maximum Gasteiger partial charge on any atom is 0.0729 e. The molecule has 3 heteroatoms. The number of hydrogen-bond donors (Lipinski definition) is 1. The predicted molar refractivity (Wildman–Crippen MR) is 67.1 cm³/mol. The van der Waals surface area contributed by atoms with Crippen LogP contribution < -0.4 is 5.32 Å². The van der Waals surface area contributed by atoms with Crippen LogP contribution in [0.25, 0.3) is 0 Å². The van der Waals surface area contributed by atoms with E-state index in [-0.39, 0.29) is 5.60 Å². The third-order valence-electron chi connectivity index (χ3n) is 4.85. The summed E-state index contributed by atoms with van der Waals surface area (Å²) in [7, 11) is 0. The molecule has 3 fully saturated rings. The highest BCUT2D eigenvalue weighted by molar-refractivity contribution is 4.93. The molecule has 2 atom stereocenters. The lowest BCUT2D eigenvalue weighted by Crippen LogP contribution is -2.50. The summed E-state index contributed by atoms with van der Waals surface area (Å²) in [6.07, 6.45) is 8.86. The van der Waals surface area contributed by atoms with E-state index in [1.54, 1.807) is 0 Å². The molecule has 98 valence electrons. The topological polar surface area (TPSA) is 30.5 Å². The zero-order chi connectivity index (χ0) is 11.6. The Balaban J connectivity index is 1.61. The molecule has 0 aliphatic carbocycles. The third kappa shape index (κ3) is 2.67. The van der Waals surface area contributed by atoms with Crippen molar-refractivity contribution in [3.63, 3.8) is 0 Å². The molecule has 1 N–H and O–H groups in total. The molecule has 3 aliphatic heterocycles. The molecule has 3 rings (SSSR count). The molecule has 3 saturated heterocycles. The van der Waals surface area contributed by atoms with Crippen molar-refractivity contribution >= 4 is 0 Å². The molecular formula is C14H25NO2. The van der Waals surface area contributed by atoms with Gasteiger partial charge in [0.1, 0.15) is 0 Å². The first-order chi connectivity index (χ1) is 8.38. The average molecular weight is 239 g/mol. The SMILES string of the molecule is C1CCC(C2CCOC3(CCOCC3)C2)NC1. The molecule has 0 aromatic carbocycles. The Morgan fingerprint density at radius 1 is 1.00 bits per heavy atom. The van der Waals surface area contributed by atoms with Crippen LogP contribution in [0.5, 0.6) is 0 Å². The van der Waals surface area contributed by atoms with Crippen LogP contribution in [0.1, 0.15) is 44.9 Å². The van der Waals surface area contributed by atoms with Crippen LogP contribution in [0.3, 0.4) is 0 Å². The van der Waals surface area contributed by atoms with Gasteiger partial charge in [-0.15, -0.1) is 0 Å². The van der Waals surface area contributed by atoms with E-state index in [0.29, 0.717) is 0 Å². The molecule has 0 bridgehead atoms. The Kier molecular flexibility index (Phi) is 3.69. The van der Waals surface area contributed by atoms with Gasteiger partial charge in [-0.1, -0.05) is 6.42 Å². The second-order valence-electron chi connectivity index (χ2n) is 5.95. The highest BCUT2D eigenvalue weighted by Gasteiger charge is 2.41. The van der Waals surface area contributed by atoms with Gasteiger partial charge in [-0.25, -0.2) is 0 Å². The van der Waals surface area contributed by atoms with Crippen molar-refractivity contribution in [2.45, 2.75) is 56.6 Å². The molecule has 3 nitrogen and oxygen atoms in total. The normalized spacial score (nSPS) is 38.1. The van der Waals surface area contributed by atoms with Gasteiger partial charge in [0, 0.05) is 25.9 Å². The van der Waals surface area contributed by atoms with E-state index in [0.717, 1.165) is 44.6 Å². The number of nitrogens with one attached hydrogen (secondary N) is 1. The van der Waals surface area contributed by atoms with Crippen LogP contribution in [0.15, 0.2) is 0 Å². The Labute approximate surface area is 104 Å². The zero-order valence-corrected chi connectivity index (χ0v) is 10.7. The zero-order valence-electron chi connectivity index (χ0n) is 10.7. The van der Waals surface area contributed by atoms with Crippen molar-refractivity contribution in [2.24, 2.45) is 5.92 Å². The van der Waals surface area contributed by atoms with Gasteiger partial charge < -0.3 is 14.8 Å². The first kappa shape index (κ1) is 11.9. The number of hydrogen-bond acceptors (Lipinski definition) is 3. The molecule has 0 aromatic rings. The fourth-order valence-corrected chi connectivity index (χ4v) is 3.78. The summed E-state index contributed by atoms with van der Waals surface area (Å²) in [5.41, 5.74) is 0.167. The van der Waals surface area contributed by atoms with Crippen LogP contribution in [0, 0.1) is 5.92 Å². The first-order valence-electron chi connectivity index (χ1n) is 7.33. The van der Waals surface area contributed by atoms with Crippen LogP contribution >= 0.6 is 0 Å². The molecule has 0 aromatic heterocycles. The van der Waals surface area contributed by atoms with Gasteiger partial charge in [-0.2, -0.15) is 0 Å². The standard InChI is InChI=1S/C14H25NO2/c1-2-7-15-13(3-1)12-4-8-17-14(11-12)5-9-16-10-6-14/h12-13,15H,1-11H2. The van der Waals surface area contributed by atoms with E-state index in [2.05, 4.69) is 5.32 Å². The maximum atomic E-state index is 6.12. The van der Waals surface area contributed by atoms with Gasteiger partial charge in [0.15, 0.2) is 0 Å². The summed E-state index contributed by atoms with van der Waals surface area (Å²) in [4.78, 5) is 0. The molecule has 0 saturated carbocycles. The minimum absolute atomic E-state index is 0.167. The van der Waals surface area contributed by atoms with Gasteiger partial charge in [0.2, 0.25) is 0 Å². The monoisotopic (exact) mass is 239 g/mol. The summed E-state index contributed by atoms with van der Waals surface area (Å²) in [6, 6.07) is 0.757. The summed E-state index contributed by atoms with van der Waals surface area (Å²) < 4.78 is 11.6. The van der Waals surface area contributed by atoms with Crippen LogP contribution in [0.4, 0.5) is 0 Å². The minimum Gasteiger partial charge on any atom is -0.381 e. The van der Waals surface area contributed by atoms with E-state index >= 15 is 0 Å². The van der Waals surface area contributed by atoms with Crippen molar-refractivity contribution in [3.05, 3.63) is 0 Å².